The van der Waals surface area contributed by atoms with Crippen molar-refractivity contribution in [3.63, 3.8) is 0 Å². The smallest absolute Gasteiger partial charge is 0.238 e. The van der Waals surface area contributed by atoms with Crippen molar-refractivity contribution < 1.29 is 9.32 Å². The number of carbonyl (C=O) groups is 1. The summed E-state index contributed by atoms with van der Waals surface area (Å²) in [4.78, 5) is 15.5. The van der Waals surface area contributed by atoms with Crippen LogP contribution in [0.3, 0.4) is 0 Å². The van der Waals surface area contributed by atoms with Crippen molar-refractivity contribution in [2.75, 3.05) is 18.4 Å². The molecule has 0 unspecified atom stereocenters. The number of amides is 1. The van der Waals surface area contributed by atoms with Gasteiger partial charge in [0.25, 0.3) is 0 Å². The van der Waals surface area contributed by atoms with Gasteiger partial charge in [-0.25, -0.2) is 0 Å². The Morgan fingerprint density at radius 3 is 2.79 bits per heavy atom. The third kappa shape index (κ3) is 4.69. The van der Waals surface area contributed by atoms with E-state index >= 15 is 0 Å². The molecule has 1 aromatic carbocycles. The molecule has 1 heterocycles. The average molecular weight is 281 g/mol. The second-order valence-electron chi connectivity index (χ2n) is 3.83. The fourth-order valence-corrected chi connectivity index (χ4v) is 1.57. The second-order valence-corrected chi connectivity index (χ2v) is 4.27. The molecular weight excluding hydrogens is 268 g/mol. The Labute approximate surface area is 115 Å². The Kier molecular flexibility index (Phi) is 4.88. The number of nitrogens with one attached hydrogen (secondary N) is 2. The van der Waals surface area contributed by atoms with Crippen LogP contribution < -0.4 is 10.6 Å². The quantitative estimate of drug-likeness (QED) is 0.784. The van der Waals surface area contributed by atoms with Gasteiger partial charge in [-0.1, -0.05) is 16.8 Å². The molecular formula is C12H13ClN4O2. The number of carbonyl (C=O) groups excluding carboxylic acids is 1. The molecule has 2 N–H and O–H groups in total. The van der Waals surface area contributed by atoms with Gasteiger partial charge in [0.05, 0.1) is 6.54 Å². The van der Waals surface area contributed by atoms with Crippen LogP contribution in [0.1, 0.15) is 5.82 Å². The number of hydrogen-bond donors (Lipinski definition) is 2. The van der Waals surface area contributed by atoms with E-state index in [1.807, 2.05) is 0 Å². The van der Waals surface area contributed by atoms with Crippen LogP contribution in [0.2, 0.25) is 5.02 Å². The second kappa shape index (κ2) is 6.86. The Morgan fingerprint density at radius 2 is 2.11 bits per heavy atom. The van der Waals surface area contributed by atoms with Crippen LogP contribution >= 0.6 is 11.6 Å². The molecule has 0 bridgehead atoms. The summed E-state index contributed by atoms with van der Waals surface area (Å²) >= 11 is 5.75. The van der Waals surface area contributed by atoms with Gasteiger partial charge in [-0.15, -0.1) is 0 Å². The third-order valence-electron chi connectivity index (χ3n) is 2.35. The van der Waals surface area contributed by atoms with Crippen molar-refractivity contribution in [1.82, 2.24) is 15.5 Å². The van der Waals surface area contributed by atoms with Crippen LogP contribution in [0.15, 0.2) is 35.2 Å². The lowest BCUT2D eigenvalue weighted by molar-refractivity contribution is -0.115. The molecule has 1 amide bonds. The Balaban J connectivity index is 1.65. The molecule has 100 valence electrons. The summed E-state index contributed by atoms with van der Waals surface area (Å²) in [5.41, 5.74) is 0.717. The zero-order valence-electron chi connectivity index (χ0n) is 10.1. The number of hydrogen-bond acceptors (Lipinski definition) is 5. The van der Waals surface area contributed by atoms with Gasteiger partial charge >= 0.3 is 0 Å². The molecule has 0 saturated carbocycles. The zero-order valence-corrected chi connectivity index (χ0v) is 10.9. The minimum absolute atomic E-state index is 0.115. The fourth-order valence-electron chi connectivity index (χ4n) is 1.44. The van der Waals surface area contributed by atoms with E-state index in [-0.39, 0.29) is 12.5 Å². The Morgan fingerprint density at radius 1 is 1.32 bits per heavy atom. The summed E-state index contributed by atoms with van der Waals surface area (Å²) in [6.45, 7) is 0.827. The molecule has 2 aromatic rings. The van der Waals surface area contributed by atoms with Crippen LogP contribution in [0.5, 0.6) is 0 Å². The van der Waals surface area contributed by atoms with Crippen LogP contribution in [-0.2, 0) is 11.2 Å². The lowest BCUT2D eigenvalue weighted by atomic mass is 10.3. The highest BCUT2D eigenvalue weighted by Crippen LogP contribution is 2.12. The Bertz CT molecular complexity index is 513. The maximum absolute atomic E-state index is 11.6. The normalized spacial score (nSPS) is 10.4. The summed E-state index contributed by atoms with van der Waals surface area (Å²) < 4.78 is 4.60. The van der Waals surface area contributed by atoms with E-state index in [1.54, 1.807) is 24.3 Å². The van der Waals surface area contributed by atoms with Gasteiger partial charge in [-0.2, -0.15) is 4.98 Å². The molecule has 0 atom stereocenters. The molecule has 0 aliphatic rings. The first kappa shape index (κ1) is 13.5. The van der Waals surface area contributed by atoms with E-state index in [0.717, 1.165) is 5.69 Å². The highest BCUT2D eigenvalue weighted by atomic mass is 35.5. The van der Waals surface area contributed by atoms with E-state index in [9.17, 15) is 4.79 Å². The summed E-state index contributed by atoms with van der Waals surface area (Å²) in [5, 5.41) is 10.1. The van der Waals surface area contributed by atoms with Crippen LogP contribution in [0.25, 0.3) is 0 Å². The van der Waals surface area contributed by atoms with Crippen molar-refractivity contribution in [3.8, 4) is 0 Å². The highest BCUT2D eigenvalue weighted by Gasteiger charge is 2.02. The van der Waals surface area contributed by atoms with E-state index in [4.69, 9.17) is 11.6 Å². The van der Waals surface area contributed by atoms with Gasteiger partial charge in [0.15, 0.2) is 5.82 Å². The third-order valence-corrected chi connectivity index (χ3v) is 2.60. The molecule has 0 radical (unpaired) electrons. The minimum atomic E-state index is -0.115. The topological polar surface area (TPSA) is 80.1 Å². The maximum atomic E-state index is 11.6. The molecule has 0 saturated heterocycles. The van der Waals surface area contributed by atoms with Crippen LogP contribution in [0.4, 0.5) is 5.69 Å². The van der Waals surface area contributed by atoms with E-state index in [2.05, 4.69) is 25.3 Å². The zero-order chi connectivity index (χ0) is 13.5. The fraction of sp³-hybridized carbons (Fsp3) is 0.250. The SMILES string of the molecule is O=C(CNCCc1ncon1)Nc1ccc(Cl)cc1. The van der Waals surface area contributed by atoms with Crippen molar-refractivity contribution in [1.29, 1.82) is 0 Å². The average Bonchev–Trinajstić information content (AvgIpc) is 2.91. The summed E-state index contributed by atoms with van der Waals surface area (Å²) in [5.74, 6) is 0.501. The van der Waals surface area contributed by atoms with Crippen LogP contribution in [0, 0.1) is 0 Å². The molecule has 1 aromatic heterocycles. The molecule has 19 heavy (non-hydrogen) atoms. The molecule has 7 heteroatoms. The minimum Gasteiger partial charge on any atom is -0.343 e. The first-order valence-electron chi connectivity index (χ1n) is 5.75. The van der Waals surface area contributed by atoms with Crippen molar-refractivity contribution in [2.24, 2.45) is 0 Å². The molecule has 0 aliphatic heterocycles. The number of rotatable bonds is 6. The largest absolute Gasteiger partial charge is 0.343 e. The van der Waals surface area contributed by atoms with Crippen molar-refractivity contribution in [2.45, 2.75) is 6.42 Å². The molecule has 0 spiro atoms. The highest BCUT2D eigenvalue weighted by molar-refractivity contribution is 6.30. The predicted octanol–water partition coefficient (Wildman–Crippen LogP) is 1.49. The van der Waals surface area contributed by atoms with Crippen molar-refractivity contribution in [3.05, 3.63) is 41.5 Å². The summed E-state index contributed by atoms with van der Waals surface area (Å²) in [6.07, 6.45) is 1.90. The molecule has 0 aliphatic carbocycles. The molecule has 2 rings (SSSR count). The predicted molar refractivity (Wildman–Crippen MR) is 71.0 cm³/mol. The number of anilines is 1. The van der Waals surface area contributed by atoms with Crippen LogP contribution in [-0.4, -0.2) is 29.1 Å². The lowest BCUT2D eigenvalue weighted by Crippen LogP contribution is -2.29. The maximum Gasteiger partial charge on any atom is 0.238 e. The molecule has 6 nitrogen and oxygen atoms in total. The monoisotopic (exact) mass is 280 g/mol. The van der Waals surface area contributed by atoms with Gasteiger partial charge in [0.2, 0.25) is 12.3 Å². The van der Waals surface area contributed by atoms with E-state index < -0.39 is 0 Å². The van der Waals surface area contributed by atoms with Gasteiger partial charge in [0.1, 0.15) is 0 Å². The first-order valence-corrected chi connectivity index (χ1v) is 6.13. The number of nitrogens with zero attached hydrogens (tertiary/aromatic N) is 2. The first-order chi connectivity index (χ1) is 9.24. The Hall–Kier alpha value is -1.92. The lowest BCUT2D eigenvalue weighted by Gasteiger charge is -2.06. The number of halogens is 1. The molecule has 0 fully saturated rings. The number of benzene rings is 1. The standard InChI is InChI=1S/C12H13ClN4O2/c13-9-1-3-10(4-2-9)16-12(18)7-14-6-5-11-15-8-19-17-11/h1-4,8,14H,5-7H2,(H,16,18). The van der Waals surface area contributed by atoms with Gasteiger partial charge in [-0.05, 0) is 24.3 Å². The van der Waals surface area contributed by atoms with Gasteiger partial charge in [0, 0.05) is 23.7 Å². The number of aromatic nitrogens is 2. The van der Waals surface area contributed by atoms with Crippen molar-refractivity contribution >= 4 is 23.2 Å². The van der Waals surface area contributed by atoms with E-state index in [0.29, 0.717) is 23.8 Å². The summed E-state index contributed by atoms with van der Waals surface area (Å²) in [7, 11) is 0. The van der Waals surface area contributed by atoms with Gasteiger partial charge < -0.3 is 15.2 Å². The van der Waals surface area contributed by atoms with Gasteiger partial charge in [-0.3, -0.25) is 4.79 Å². The summed E-state index contributed by atoms with van der Waals surface area (Å²) in [6, 6.07) is 6.95. The van der Waals surface area contributed by atoms with E-state index in [1.165, 1.54) is 6.39 Å².